The van der Waals surface area contributed by atoms with Crippen LogP contribution < -0.4 is 10.1 Å². The summed E-state index contributed by atoms with van der Waals surface area (Å²) in [5, 5.41) is 2.82. The van der Waals surface area contributed by atoms with Gasteiger partial charge >= 0.3 is 12.2 Å². The number of nitrogens with one attached hydrogen (secondary N) is 1. The Balaban J connectivity index is 1.64. The van der Waals surface area contributed by atoms with Gasteiger partial charge in [-0.05, 0) is 48.1 Å². The largest absolute Gasteiger partial charge is 0.467 e. The van der Waals surface area contributed by atoms with Gasteiger partial charge < -0.3 is 10.1 Å². The van der Waals surface area contributed by atoms with Crippen molar-refractivity contribution in [1.82, 2.24) is 20.3 Å². The first-order valence-corrected chi connectivity index (χ1v) is 12.5. The van der Waals surface area contributed by atoms with Crippen molar-refractivity contribution in [3.8, 4) is 28.8 Å². The van der Waals surface area contributed by atoms with E-state index in [4.69, 9.17) is 16.3 Å². The highest BCUT2D eigenvalue weighted by Gasteiger charge is 2.60. The normalized spacial score (nSPS) is 15.1. The molecule has 1 heterocycles. The first kappa shape index (κ1) is 26.9. The van der Waals surface area contributed by atoms with Crippen LogP contribution in [0.1, 0.15) is 56.6 Å². The Labute approximate surface area is 218 Å². The minimum atomic E-state index is -4.59. The number of nitrogens with zero attached hydrogens (tertiary/aromatic N) is 3. The Morgan fingerprint density at radius 2 is 1.78 bits per heavy atom. The Morgan fingerprint density at radius 1 is 1.08 bits per heavy atom. The van der Waals surface area contributed by atoms with Crippen LogP contribution in [0.3, 0.4) is 0 Å². The van der Waals surface area contributed by atoms with Crippen molar-refractivity contribution in [2.45, 2.75) is 58.2 Å². The van der Waals surface area contributed by atoms with Crippen LogP contribution >= 0.6 is 11.6 Å². The molecule has 1 N–H and O–H groups in total. The summed E-state index contributed by atoms with van der Waals surface area (Å²) in [6, 6.07) is 12.8. The van der Waals surface area contributed by atoms with E-state index in [9.17, 15) is 18.0 Å². The standard InChI is InChI=1S/C27H28ClF3N4O2/c1-16(2)18-7-6-8-19(14-18)22-33-23(35-25(34-22)37-3)20-13-17(9-10-21(20)28)15-32-24(36)26(27(29,30)31)11-4-5-12-26/h6-10,13-14,16H,4-5,11-12,15H2,1-3H3,(H,32,36). The van der Waals surface area contributed by atoms with Crippen molar-refractivity contribution in [2.24, 2.45) is 5.41 Å². The maximum Gasteiger partial charge on any atom is 0.403 e. The molecule has 196 valence electrons. The molecule has 0 atom stereocenters. The van der Waals surface area contributed by atoms with Crippen LogP contribution in [0, 0.1) is 5.41 Å². The van der Waals surface area contributed by atoms with Crippen LogP contribution in [-0.4, -0.2) is 34.1 Å². The first-order chi connectivity index (χ1) is 17.5. The predicted molar refractivity (Wildman–Crippen MR) is 135 cm³/mol. The number of carbonyl (C=O) groups excluding carboxylic acids is 1. The summed E-state index contributed by atoms with van der Waals surface area (Å²) in [6.45, 7) is 4.09. The molecule has 1 saturated carbocycles. The highest BCUT2D eigenvalue weighted by atomic mass is 35.5. The molecular weight excluding hydrogens is 505 g/mol. The number of amides is 1. The summed E-state index contributed by atoms with van der Waals surface area (Å²) in [5.74, 6) is -0.0432. The van der Waals surface area contributed by atoms with E-state index in [1.807, 2.05) is 24.3 Å². The highest BCUT2D eigenvalue weighted by molar-refractivity contribution is 6.33. The molecule has 1 fully saturated rings. The number of halogens is 4. The topological polar surface area (TPSA) is 77.0 Å². The average Bonchev–Trinajstić information content (AvgIpc) is 3.40. The van der Waals surface area contributed by atoms with Crippen molar-refractivity contribution in [3.63, 3.8) is 0 Å². The van der Waals surface area contributed by atoms with Gasteiger partial charge in [-0.15, -0.1) is 0 Å². The molecule has 1 aliphatic carbocycles. The van der Waals surface area contributed by atoms with Crippen LogP contribution in [0.5, 0.6) is 6.01 Å². The molecule has 3 aromatic rings. The van der Waals surface area contributed by atoms with E-state index in [0.29, 0.717) is 40.7 Å². The Kier molecular flexibility index (Phi) is 7.73. The van der Waals surface area contributed by atoms with E-state index in [0.717, 1.165) is 11.1 Å². The molecule has 0 bridgehead atoms. The zero-order valence-corrected chi connectivity index (χ0v) is 21.6. The minimum Gasteiger partial charge on any atom is -0.467 e. The van der Waals surface area contributed by atoms with E-state index in [-0.39, 0.29) is 31.2 Å². The number of hydrogen-bond acceptors (Lipinski definition) is 5. The molecule has 10 heteroatoms. The summed E-state index contributed by atoms with van der Waals surface area (Å²) in [5.41, 5.74) is 0.575. The zero-order valence-electron chi connectivity index (χ0n) is 20.8. The lowest BCUT2D eigenvalue weighted by molar-refractivity contribution is -0.220. The SMILES string of the molecule is COc1nc(-c2cccc(C(C)C)c2)nc(-c2cc(CNC(=O)C3(C(F)(F)F)CCCC3)ccc2Cl)n1. The fraction of sp³-hybridized carbons (Fsp3) is 0.407. The van der Waals surface area contributed by atoms with Gasteiger partial charge in [0.1, 0.15) is 5.41 Å². The summed E-state index contributed by atoms with van der Waals surface area (Å²) in [6.07, 6.45) is -4.23. The van der Waals surface area contributed by atoms with Crippen molar-refractivity contribution in [3.05, 3.63) is 58.6 Å². The molecule has 37 heavy (non-hydrogen) atoms. The van der Waals surface area contributed by atoms with Gasteiger partial charge in [-0.1, -0.05) is 62.6 Å². The maximum atomic E-state index is 13.7. The van der Waals surface area contributed by atoms with Crippen molar-refractivity contribution >= 4 is 17.5 Å². The number of methoxy groups -OCH3 is 1. The lowest BCUT2D eigenvalue weighted by atomic mass is 9.84. The third-order valence-electron chi connectivity index (χ3n) is 6.77. The van der Waals surface area contributed by atoms with Gasteiger partial charge in [0, 0.05) is 17.7 Å². The summed E-state index contributed by atoms with van der Waals surface area (Å²) >= 11 is 6.46. The first-order valence-electron chi connectivity index (χ1n) is 12.1. The lowest BCUT2D eigenvalue weighted by Crippen LogP contribution is -2.48. The van der Waals surface area contributed by atoms with Gasteiger partial charge in [0.2, 0.25) is 5.91 Å². The Bertz CT molecular complexity index is 1290. The summed E-state index contributed by atoms with van der Waals surface area (Å²) in [4.78, 5) is 26.0. The van der Waals surface area contributed by atoms with Crippen LogP contribution in [0.15, 0.2) is 42.5 Å². The zero-order chi connectivity index (χ0) is 26.8. The van der Waals surface area contributed by atoms with Gasteiger partial charge in [-0.25, -0.2) is 4.98 Å². The fourth-order valence-electron chi connectivity index (χ4n) is 4.56. The molecule has 1 aliphatic rings. The predicted octanol–water partition coefficient (Wildman–Crippen LogP) is 6.73. The maximum absolute atomic E-state index is 13.7. The second kappa shape index (κ2) is 10.7. The molecule has 6 nitrogen and oxygen atoms in total. The third kappa shape index (κ3) is 5.56. The third-order valence-corrected chi connectivity index (χ3v) is 7.10. The van der Waals surface area contributed by atoms with Crippen LogP contribution in [0.4, 0.5) is 13.2 Å². The molecular formula is C27H28ClF3N4O2. The molecule has 2 aromatic carbocycles. The number of benzene rings is 2. The molecule has 1 aromatic heterocycles. The molecule has 4 rings (SSSR count). The minimum absolute atomic E-state index is 0.0909. The fourth-order valence-corrected chi connectivity index (χ4v) is 4.76. The smallest absolute Gasteiger partial charge is 0.403 e. The molecule has 1 amide bonds. The average molecular weight is 533 g/mol. The number of carbonyl (C=O) groups is 1. The van der Waals surface area contributed by atoms with Crippen molar-refractivity contribution in [2.75, 3.05) is 7.11 Å². The van der Waals surface area contributed by atoms with Gasteiger partial charge in [0.25, 0.3) is 0 Å². The van der Waals surface area contributed by atoms with Crippen molar-refractivity contribution in [1.29, 1.82) is 0 Å². The summed E-state index contributed by atoms with van der Waals surface area (Å²) in [7, 11) is 1.44. The number of hydrogen-bond donors (Lipinski definition) is 1. The van der Waals surface area contributed by atoms with Crippen LogP contribution in [-0.2, 0) is 11.3 Å². The molecule has 0 spiro atoms. The number of ether oxygens (including phenoxy) is 1. The van der Waals surface area contributed by atoms with Crippen LogP contribution in [0.2, 0.25) is 5.02 Å². The number of aromatic nitrogens is 3. The Hall–Kier alpha value is -3.20. The Morgan fingerprint density at radius 3 is 2.43 bits per heavy atom. The quantitative estimate of drug-likeness (QED) is 0.365. The molecule has 0 aliphatic heterocycles. The summed E-state index contributed by atoms with van der Waals surface area (Å²) < 4.78 is 46.5. The van der Waals surface area contributed by atoms with E-state index < -0.39 is 17.5 Å². The second-order valence-corrected chi connectivity index (χ2v) is 9.94. The molecule has 0 radical (unpaired) electrons. The highest BCUT2D eigenvalue weighted by Crippen LogP contribution is 2.50. The number of alkyl halides is 3. The van der Waals surface area contributed by atoms with Crippen molar-refractivity contribution < 1.29 is 22.7 Å². The van der Waals surface area contributed by atoms with E-state index in [2.05, 4.69) is 34.1 Å². The van der Waals surface area contributed by atoms with Gasteiger partial charge in [0.15, 0.2) is 11.6 Å². The molecule has 0 unspecified atom stereocenters. The second-order valence-electron chi connectivity index (χ2n) is 9.53. The van der Waals surface area contributed by atoms with Gasteiger partial charge in [-0.2, -0.15) is 23.1 Å². The van der Waals surface area contributed by atoms with Gasteiger partial charge in [0.05, 0.1) is 12.1 Å². The van der Waals surface area contributed by atoms with E-state index in [1.165, 1.54) is 7.11 Å². The van der Waals surface area contributed by atoms with E-state index >= 15 is 0 Å². The molecule has 0 saturated heterocycles. The van der Waals surface area contributed by atoms with Crippen LogP contribution in [0.25, 0.3) is 22.8 Å². The van der Waals surface area contributed by atoms with Gasteiger partial charge in [-0.3, -0.25) is 4.79 Å². The van der Waals surface area contributed by atoms with E-state index in [1.54, 1.807) is 18.2 Å². The number of rotatable bonds is 7. The monoisotopic (exact) mass is 532 g/mol. The lowest BCUT2D eigenvalue weighted by Gasteiger charge is -2.30.